The van der Waals surface area contributed by atoms with E-state index in [4.69, 9.17) is 16.4 Å². The van der Waals surface area contributed by atoms with Crippen molar-refractivity contribution in [3.8, 4) is 16.9 Å². The minimum atomic E-state index is -0.375. The van der Waals surface area contributed by atoms with Gasteiger partial charge in [-0.2, -0.15) is 5.10 Å². The van der Waals surface area contributed by atoms with Crippen molar-refractivity contribution in [1.29, 1.82) is 0 Å². The number of carbonyl (C=O) groups is 1. The van der Waals surface area contributed by atoms with Crippen molar-refractivity contribution in [3.05, 3.63) is 107 Å². The Kier molecular flexibility index (Phi) is 5.93. The van der Waals surface area contributed by atoms with Crippen molar-refractivity contribution < 1.29 is 9.63 Å². The fourth-order valence-corrected chi connectivity index (χ4v) is 3.22. The molecule has 3 aromatic carbocycles. The van der Waals surface area contributed by atoms with Crippen LogP contribution in [0, 0.1) is 6.92 Å². The van der Waals surface area contributed by atoms with Crippen LogP contribution in [0.3, 0.4) is 0 Å². The number of para-hydroxylation sites is 1. The summed E-state index contributed by atoms with van der Waals surface area (Å²) in [4.78, 5) is 18.3. The Morgan fingerprint density at radius 2 is 1.70 bits per heavy atom. The van der Waals surface area contributed by atoms with Gasteiger partial charge in [-0.3, -0.25) is 9.63 Å². The highest BCUT2D eigenvalue weighted by Crippen LogP contribution is 2.24. The molecule has 0 radical (unpaired) electrons. The molecular weight excluding hydrogens is 398 g/mol. The van der Waals surface area contributed by atoms with Crippen molar-refractivity contribution in [3.63, 3.8) is 0 Å². The van der Waals surface area contributed by atoms with Crippen LogP contribution in [0.25, 0.3) is 16.9 Å². The van der Waals surface area contributed by atoms with E-state index in [0.29, 0.717) is 16.3 Å². The lowest BCUT2D eigenvalue weighted by atomic mass is 10.1. The van der Waals surface area contributed by atoms with Crippen molar-refractivity contribution in [1.82, 2.24) is 15.3 Å². The molecule has 0 spiro atoms. The van der Waals surface area contributed by atoms with Crippen molar-refractivity contribution in [2.24, 2.45) is 0 Å². The number of nitrogens with zero attached hydrogens (tertiary/aromatic N) is 2. The molecule has 0 aliphatic rings. The number of amides is 1. The Labute approximate surface area is 179 Å². The van der Waals surface area contributed by atoms with Crippen LogP contribution < -0.4 is 5.48 Å². The molecule has 30 heavy (non-hydrogen) atoms. The van der Waals surface area contributed by atoms with Gasteiger partial charge in [-0.25, -0.2) is 10.2 Å². The Bertz CT molecular complexity index is 1150. The smallest absolute Gasteiger partial charge is 0.269 e. The molecule has 1 heterocycles. The number of aromatic nitrogens is 2. The van der Waals surface area contributed by atoms with Gasteiger partial charge >= 0.3 is 0 Å². The first-order valence-corrected chi connectivity index (χ1v) is 9.87. The number of hydrogen-bond donors (Lipinski definition) is 1. The van der Waals surface area contributed by atoms with Crippen molar-refractivity contribution in [2.75, 3.05) is 0 Å². The van der Waals surface area contributed by atoms with Crippen molar-refractivity contribution in [2.45, 2.75) is 13.5 Å². The summed E-state index contributed by atoms with van der Waals surface area (Å²) in [7, 11) is 0. The van der Waals surface area contributed by atoms with Gasteiger partial charge in [0.1, 0.15) is 12.3 Å². The van der Waals surface area contributed by atoms with Crippen LogP contribution >= 0.6 is 11.6 Å². The Balaban J connectivity index is 1.60. The van der Waals surface area contributed by atoms with Gasteiger partial charge in [0.15, 0.2) is 0 Å². The maximum absolute atomic E-state index is 12.9. The van der Waals surface area contributed by atoms with E-state index in [2.05, 4.69) is 10.6 Å². The van der Waals surface area contributed by atoms with Crippen LogP contribution in [0.2, 0.25) is 5.02 Å². The molecule has 4 aromatic rings. The molecule has 1 amide bonds. The summed E-state index contributed by atoms with van der Waals surface area (Å²) in [5.74, 6) is -0.375. The van der Waals surface area contributed by atoms with Crippen LogP contribution in [0.5, 0.6) is 0 Å². The second kappa shape index (κ2) is 8.95. The zero-order chi connectivity index (χ0) is 20.9. The molecular formula is C24H20ClN3O2. The first kappa shape index (κ1) is 19.9. The van der Waals surface area contributed by atoms with Gasteiger partial charge in [0.05, 0.1) is 11.3 Å². The molecule has 0 bridgehead atoms. The normalized spacial score (nSPS) is 10.7. The van der Waals surface area contributed by atoms with Gasteiger partial charge in [-0.1, -0.05) is 77.8 Å². The van der Waals surface area contributed by atoms with Crippen LogP contribution in [-0.2, 0) is 11.4 Å². The van der Waals surface area contributed by atoms with E-state index in [1.165, 1.54) is 0 Å². The minimum absolute atomic E-state index is 0.165. The number of hydrogen-bond acceptors (Lipinski definition) is 3. The third-order valence-electron chi connectivity index (χ3n) is 4.65. The van der Waals surface area contributed by atoms with Gasteiger partial charge in [0, 0.05) is 16.8 Å². The van der Waals surface area contributed by atoms with Crippen LogP contribution in [0.1, 0.15) is 21.5 Å². The summed E-state index contributed by atoms with van der Waals surface area (Å²) in [5, 5.41) is 5.25. The van der Waals surface area contributed by atoms with E-state index in [1.807, 2.05) is 79.7 Å². The Morgan fingerprint density at radius 3 is 2.43 bits per heavy atom. The Hall–Kier alpha value is -3.41. The van der Waals surface area contributed by atoms with Crippen molar-refractivity contribution >= 4 is 17.5 Å². The predicted octanol–water partition coefficient (Wildman–Crippen LogP) is 5.36. The van der Waals surface area contributed by atoms with Gasteiger partial charge in [0.2, 0.25) is 0 Å². The summed E-state index contributed by atoms with van der Waals surface area (Å²) in [6.45, 7) is 2.18. The van der Waals surface area contributed by atoms with E-state index < -0.39 is 0 Å². The average molecular weight is 418 g/mol. The van der Waals surface area contributed by atoms with Gasteiger partial charge in [0.25, 0.3) is 5.91 Å². The molecule has 0 fully saturated rings. The topological polar surface area (TPSA) is 56.2 Å². The molecule has 4 rings (SSSR count). The molecule has 1 N–H and O–H groups in total. The van der Waals surface area contributed by atoms with E-state index in [0.717, 1.165) is 22.4 Å². The molecule has 0 aliphatic heterocycles. The van der Waals surface area contributed by atoms with Gasteiger partial charge in [-0.15, -0.1) is 0 Å². The summed E-state index contributed by atoms with van der Waals surface area (Å²) in [5.41, 5.74) is 7.15. The van der Waals surface area contributed by atoms with Gasteiger partial charge < -0.3 is 0 Å². The van der Waals surface area contributed by atoms with Crippen LogP contribution in [0.4, 0.5) is 0 Å². The third-order valence-corrected chi connectivity index (χ3v) is 5.02. The summed E-state index contributed by atoms with van der Waals surface area (Å²) in [6, 6.07) is 24.9. The largest absolute Gasteiger partial charge is 0.278 e. The Morgan fingerprint density at radius 1 is 1.00 bits per heavy atom. The molecule has 1 aromatic heterocycles. The molecule has 5 nitrogen and oxygen atoms in total. The van der Waals surface area contributed by atoms with Crippen LogP contribution in [-0.4, -0.2) is 15.7 Å². The maximum atomic E-state index is 12.9. The summed E-state index contributed by atoms with van der Waals surface area (Å²) < 4.78 is 1.69. The van der Waals surface area contributed by atoms with E-state index in [1.54, 1.807) is 16.9 Å². The van der Waals surface area contributed by atoms with Gasteiger partial charge in [-0.05, 0) is 30.7 Å². The number of carbonyl (C=O) groups excluding carboxylic acids is 1. The monoisotopic (exact) mass is 417 g/mol. The number of nitrogens with one attached hydrogen (secondary N) is 1. The predicted molar refractivity (Wildman–Crippen MR) is 117 cm³/mol. The fourth-order valence-electron chi connectivity index (χ4n) is 3.03. The second-order valence-corrected chi connectivity index (χ2v) is 7.26. The number of halogens is 1. The molecule has 0 saturated heterocycles. The number of hydroxylamine groups is 1. The van der Waals surface area contributed by atoms with E-state index >= 15 is 0 Å². The minimum Gasteiger partial charge on any atom is -0.269 e. The van der Waals surface area contributed by atoms with E-state index in [-0.39, 0.29) is 12.5 Å². The quantitative estimate of drug-likeness (QED) is 0.429. The fraction of sp³-hybridized carbons (Fsp3) is 0.0833. The SMILES string of the molecule is Cc1ccc(-c2nn(-c3ccccc3)cc2C(=O)NOCc2ccccc2Cl)cc1. The highest BCUT2D eigenvalue weighted by atomic mass is 35.5. The average Bonchev–Trinajstić information content (AvgIpc) is 3.22. The molecule has 6 heteroatoms. The first-order valence-electron chi connectivity index (χ1n) is 9.49. The molecule has 150 valence electrons. The zero-order valence-corrected chi connectivity index (χ0v) is 17.1. The highest BCUT2D eigenvalue weighted by molar-refractivity contribution is 6.31. The number of benzene rings is 3. The highest BCUT2D eigenvalue weighted by Gasteiger charge is 2.19. The zero-order valence-electron chi connectivity index (χ0n) is 16.4. The third kappa shape index (κ3) is 4.43. The standard InChI is InChI=1S/C24H20ClN3O2/c1-17-11-13-18(14-12-17)23-21(15-28(26-23)20-8-3-2-4-9-20)24(29)27-30-16-19-7-5-6-10-22(19)25/h2-15H,16H2,1H3,(H,27,29). The van der Waals surface area contributed by atoms with Crippen LogP contribution in [0.15, 0.2) is 85.1 Å². The van der Waals surface area contributed by atoms with E-state index in [9.17, 15) is 4.79 Å². The summed E-state index contributed by atoms with van der Waals surface area (Å²) >= 11 is 6.14. The molecule has 0 aliphatic carbocycles. The first-order chi connectivity index (χ1) is 14.6. The second-order valence-electron chi connectivity index (χ2n) is 6.85. The lowest BCUT2D eigenvalue weighted by molar-refractivity contribution is 0.0234. The number of rotatable bonds is 6. The number of aryl methyl sites for hydroxylation is 1. The molecule has 0 atom stereocenters. The molecule has 0 unspecified atom stereocenters. The summed E-state index contributed by atoms with van der Waals surface area (Å²) in [6.07, 6.45) is 1.71. The lowest BCUT2D eigenvalue weighted by Gasteiger charge is -2.07. The maximum Gasteiger partial charge on any atom is 0.278 e. The lowest BCUT2D eigenvalue weighted by Crippen LogP contribution is -2.23. The molecule has 0 saturated carbocycles.